The van der Waals surface area contributed by atoms with E-state index in [-0.39, 0.29) is 6.10 Å². The van der Waals surface area contributed by atoms with Crippen LogP contribution >= 0.6 is 0 Å². The Bertz CT molecular complexity index is 1250. The van der Waals surface area contributed by atoms with Crippen molar-refractivity contribution >= 4 is 16.7 Å². The van der Waals surface area contributed by atoms with Gasteiger partial charge in [-0.1, -0.05) is 17.7 Å². The van der Waals surface area contributed by atoms with Crippen molar-refractivity contribution in [2.24, 2.45) is 0 Å². The molecule has 3 aromatic heterocycles. The molecule has 0 saturated heterocycles. The van der Waals surface area contributed by atoms with E-state index in [0.29, 0.717) is 0 Å². The highest BCUT2D eigenvalue weighted by Crippen LogP contribution is 2.35. The van der Waals surface area contributed by atoms with Crippen LogP contribution < -0.4 is 0 Å². The molecule has 0 fully saturated rings. The first kappa shape index (κ1) is 21.6. The Balaban J connectivity index is 1.92. The molecule has 0 aliphatic heterocycles. The molecule has 4 rings (SSSR count). The lowest BCUT2D eigenvalue weighted by Gasteiger charge is -2.13. The first-order valence-corrected chi connectivity index (χ1v) is 11.2. The molecule has 0 aliphatic carbocycles. The van der Waals surface area contributed by atoms with Crippen molar-refractivity contribution in [2.45, 2.75) is 74.5 Å². The summed E-state index contributed by atoms with van der Waals surface area (Å²) >= 11 is 0. The van der Waals surface area contributed by atoms with E-state index in [2.05, 4.69) is 82.7 Å². The van der Waals surface area contributed by atoms with Crippen LogP contribution in [-0.2, 0) is 11.3 Å². The molecule has 0 spiro atoms. The molecule has 5 nitrogen and oxygen atoms in total. The van der Waals surface area contributed by atoms with Gasteiger partial charge in [-0.2, -0.15) is 9.61 Å². The summed E-state index contributed by atoms with van der Waals surface area (Å²) in [5.74, 6) is 0. The van der Waals surface area contributed by atoms with Crippen LogP contribution in [0.25, 0.3) is 27.8 Å². The van der Waals surface area contributed by atoms with Gasteiger partial charge < -0.3 is 9.30 Å². The average molecular weight is 419 g/mol. The summed E-state index contributed by atoms with van der Waals surface area (Å²) in [7, 11) is 0. The maximum Gasteiger partial charge on any atom is 0.165 e. The third kappa shape index (κ3) is 3.76. The number of hydrogen-bond donors (Lipinski definition) is 0. The molecule has 0 atom stereocenters. The molecular formula is C26H34N4O. The number of fused-ring (bicyclic) bond motifs is 3. The highest BCUT2D eigenvalue weighted by atomic mass is 16.5. The van der Waals surface area contributed by atoms with Crippen LogP contribution in [0.4, 0.5) is 0 Å². The average Bonchev–Trinajstić information content (AvgIpc) is 3.16. The molecule has 0 radical (unpaired) electrons. The normalized spacial score (nSPS) is 12.0. The lowest BCUT2D eigenvalue weighted by Crippen LogP contribution is -2.10. The van der Waals surface area contributed by atoms with Crippen LogP contribution in [-0.4, -0.2) is 31.9 Å². The Labute approximate surface area is 185 Å². The number of aromatic nitrogens is 4. The SMILES string of the molecule is Cc1cc(C)c(-c2c(C)nn3c2nc(C)c2cc(C)n(CCCOC(C)C)c23)c(C)c1. The Kier molecular flexibility index (Phi) is 5.65. The van der Waals surface area contributed by atoms with E-state index in [0.717, 1.165) is 47.8 Å². The molecule has 164 valence electrons. The molecule has 0 N–H and O–H groups in total. The standard InChI is InChI=1S/C26H34N4O/c1-15(2)31-11-9-10-29-19(6)14-22-20(7)27-25-24(21(8)28-30(25)26(22)29)23-17(4)12-16(3)13-18(23)5/h12-15H,9-11H2,1-8H3. The third-order valence-corrected chi connectivity index (χ3v) is 6.08. The van der Waals surface area contributed by atoms with Crippen LogP contribution in [0, 0.1) is 41.5 Å². The highest BCUT2D eigenvalue weighted by Gasteiger charge is 2.21. The van der Waals surface area contributed by atoms with Gasteiger partial charge in [0.1, 0.15) is 5.65 Å². The molecule has 0 bridgehead atoms. The van der Waals surface area contributed by atoms with E-state index in [1.165, 1.54) is 33.3 Å². The van der Waals surface area contributed by atoms with Gasteiger partial charge in [-0.15, -0.1) is 0 Å². The van der Waals surface area contributed by atoms with Crippen LogP contribution in [0.2, 0.25) is 0 Å². The van der Waals surface area contributed by atoms with E-state index < -0.39 is 0 Å². The largest absolute Gasteiger partial charge is 0.379 e. The van der Waals surface area contributed by atoms with Gasteiger partial charge >= 0.3 is 0 Å². The molecule has 4 aromatic rings. The quantitative estimate of drug-likeness (QED) is 0.360. The van der Waals surface area contributed by atoms with Crippen molar-refractivity contribution in [3.8, 4) is 11.1 Å². The van der Waals surface area contributed by atoms with Crippen molar-refractivity contribution < 1.29 is 4.74 Å². The number of nitrogens with zero attached hydrogens (tertiary/aromatic N) is 4. The lowest BCUT2D eigenvalue weighted by molar-refractivity contribution is 0.0749. The smallest absolute Gasteiger partial charge is 0.165 e. The summed E-state index contributed by atoms with van der Waals surface area (Å²) in [4.78, 5) is 5.04. The zero-order chi connectivity index (χ0) is 22.4. The Morgan fingerprint density at radius 2 is 1.58 bits per heavy atom. The van der Waals surface area contributed by atoms with Gasteiger partial charge in [0, 0.05) is 24.2 Å². The fourth-order valence-corrected chi connectivity index (χ4v) is 4.83. The summed E-state index contributed by atoms with van der Waals surface area (Å²) in [6.45, 7) is 18.7. The lowest BCUT2D eigenvalue weighted by atomic mass is 9.94. The molecule has 5 heteroatoms. The number of aryl methyl sites for hydroxylation is 7. The highest BCUT2D eigenvalue weighted by molar-refractivity contribution is 5.90. The van der Waals surface area contributed by atoms with Gasteiger partial charge in [0.25, 0.3) is 0 Å². The van der Waals surface area contributed by atoms with Gasteiger partial charge in [-0.25, -0.2) is 4.98 Å². The molecule has 1 aromatic carbocycles. The summed E-state index contributed by atoms with van der Waals surface area (Å²) in [5, 5.41) is 6.16. The summed E-state index contributed by atoms with van der Waals surface area (Å²) in [5.41, 5.74) is 11.6. The predicted octanol–water partition coefficient (Wildman–Crippen LogP) is 6.02. The molecule has 0 saturated carbocycles. The fraction of sp³-hybridized carbons (Fsp3) is 0.462. The van der Waals surface area contributed by atoms with Gasteiger partial charge in [-0.3, -0.25) is 0 Å². The van der Waals surface area contributed by atoms with Crippen LogP contribution in [0.3, 0.4) is 0 Å². The van der Waals surface area contributed by atoms with Crippen LogP contribution in [0.5, 0.6) is 0 Å². The van der Waals surface area contributed by atoms with E-state index in [4.69, 9.17) is 14.8 Å². The first-order valence-electron chi connectivity index (χ1n) is 11.2. The topological polar surface area (TPSA) is 44.4 Å². The number of hydrogen-bond acceptors (Lipinski definition) is 3. The minimum atomic E-state index is 0.262. The number of ether oxygens (including phenoxy) is 1. The second kappa shape index (κ2) is 8.12. The molecular weight excluding hydrogens is 384 g/mol. The zero-order valence-corrected chi connectivity index (χ0v) is 20.1. The van der Waals surface area contributed by atoms with Crippen molar-refractivity contribution in [3.63, 3.8) is 0 Å². The van der Waals surface area contributed by atoms with E-state index in [9.17, 15) is 0 Å². The van der Waals surface area contributed by atoms with E-state index in [1.54, 1.807) is 0 Å². The third-order valence-electron chi connectivity index (χ3n) is 6.08. The Hall–Kier alpha value is -2.66. The Morgan fingerprint density at radius 3 is 2.23 bits per heavy atom. The number of benzene rings is 1. The predicted molar refractivity (Wildman–Crippen MR) is 128 cm³/mol. The zero-order valence-electron chi connectivity index (χ0n) is 20.1. The maximum atomic E-state index is 5.77. The van der Waals surface area contributed by atoms with Crippen LogP contribution in [0.15, 0.2) is 18.2 Å². The second-order valence-electron chi connectivity index (χ2n) is 9.11. The van der Waals surface area contributed by atoms with Crippen molar-refractivity contribution in [3.05, 3.63) is 52.0 Å². The van der Waals surface area contributed by atoms with Crippen molar-refractivity contribution in [2.75, 3.05) is 6.61 Å². The van der Waals surface area contributed by atoms with Gasteiger partial charge in [-0.05, 0) is 84.6 Å². The summed E-state index contributed by atoms with van der Waals surface area (Å²) in [6, 6.07) is 6.73. The monoisotopic (exact) mass is 418 g/mol. The fourth-order valence-electron chi connectivity index (χ4n) is 4.83. The molecule has 0 amide bonds. The number of rotatable bonds is 6. The second-order valence-corrected chi connectivity index (χ2v) is 9.11. The molecule has 0 unspecified atom stereocenters. The summed E-state index contributed by atoms with van der Waals surface area (Å²) < 4.78 is 10.2. The minimum absolute atomic E-state index is 0.262. The Morgan fingerprint density at radius 1 is 0.903 bits per heavy atom. The first-order chi connectivity index (χ1) is 14.7. The van der Waals surface area contributed by atoms with Gasteiger partial charge in [0.2, 0.25) is 0 Å². The molecule has 31 heavy (non-hydrogen) atoms. The van der Waals surface area contributed by atoms with Crippen LogP contribution in [0.1, 0.15) is 54.0 Å². The minimum Gasteiger partial charge on any atom is -0.379 e. The van der Waals surface area contributed by atoms with Crippen molar-refractivity contribution in [1.29, 1.82) is 0 Å². The van der Waals surface area contributed by atoms with Crippen molar-refractivity contribution in [1.82, 2.24) is 19.2 Å². The van der Waals surface area contributed by atoms with E-state index >= 15 is 0 Å². The van der Waals surface area contributed by atoms with E-state index in [1.807, 2.05) is 0 Å². The molecule has 0 aliphatic rings. The van der Waals surface area contributed by atoms with Gasteiger partial charge in [0.05, 0.1) is 23.1 Å². The summed E-state index contributed by atoms with van der Waals surface area (Å²) in [6.07, 6.45) is 1.23. The molecule has 3 heterocycles. The maximum absolute atomic E-state index is 5.77. The van der Waals surface area contributed by atoms with Gasteiger partial charge in [0.15, 0.2) is 5.65 Å².